The molecule has 0 spiro atoms. The third-order valence-electron chi connectivity index (χ3n) is 4.77. The van der Waals surface area contributed by atoms with Crippen molar-refractivity contribution >= 4 is 10.9 Å². The maximum atomic E-state index is 3.69. The first-order valence-corrected chi connectivity index (χ1v) is 6.64. The SMILES string of the molecule is CC12CCCN1CCc1c2[nH]c2ccccc12. The molecule has 0 aliphatic carbocycles. The summed E-state index contributed by atoms with van der Waals surface area (Å²) in [6, 6.07) is 8.74. The molecule has 88 valence electrons. The molecule has 4 rings (SSSR count). The highest BCUT2D eigenvalue weighted by Crippen LogP contribution is 2.44. The van der Waals surface area contributed by atoms with Gasteiger partial charge in [0.2, 0.25) is 0 Å². The first-order chi connectivity index (χ1) is 8.29. The Morgan fingerprint density at radius 3 is 3.06 bits per heavy atom. The van der Waals surface area contributed by atoms with E-state index in [0.717, 1.165) is 0 Å². The normalized spacial score (nSPS) is 28.3. The van der Waals surface area contributed by atoms with Crippen LogP contribution >= 0.6 is 0 Å². The van der Waals surface area contributed by atoms with Crippen LogP contribution in [0.2, 0.25) is 0 Å². The molecule has 2 heteroatoms. The van der Waals surface area contributed by atoms with E-state index < -0.39 is 0 Å². The van der Waals surface area contributed by atoms with Crippen LogP contribution in [0.1, 0.15) is 31.0 Å². The Morgan fingerprint density at radius 1 is 1.24 bits per heavy atom. The van der Waals surface area contributed by atoms with Gasteiger partial charge < -0.3 is 4.98 Å². The maximum absolute atomic E-state index is 3.69. The van der Waals surface area contributed by atoms with Gasteiger partial charge in [0.25, 0.3) is 0 Å². The lowest BCUT2D eigenvalue weighted by Crippen LogP contribution is -2.44. The Labute approximate surface area is 102 Å². The first kappa shape index (κ1) is 9.72. The highest BCUT2D eigenvalue weighted by molar-refractivity contribution is 5.85. The molecule has 0 saturated carbocycles. The van der Waals surface area contributed by atoms with Crippen molar-refractivity contribution in [1.29, 1.82) is 0 Å². The standard InChI is InChI=1S/C15H18N2/c1-15-8-4-9-17(15)10-7-12-11-5-2-3-6-13(11)16-14(12)15/h2-3,5-6,16H,4,7-10H2,1H3. The van der Waals surface area contributed by atoms with Gasteiger partial charge >= 0.3 is 0 Å². The van der Waals surface area contributed by atoms with Crippen LogP contribution in [0.25, 0.3) is 10.9 Å². The number of rotatable bonds is 0. The fourth-order valence-electron chi connectivity index (χ4n) is 3.83. The Kier molecular flexibility index (Phi) is 1.79. The van der Waals surface area contributed by atoms with E-state index in [-0.39, 0.29) is 5.54 Å². The summed E-state index contributed by atoms with van der Waals surface area (Å²) in [6.45, 7) is 4.91. The quantitative estimate of drug-likeness (QED) is 0.731. The third-order valence-corrected chi connectivity index (χ3v) is 4.77. The molecule has 1 aromatic heterocycles. The zero-order chi connectivity index (χ0) is 11.5. The lowest BCUT2D eigenvalue weighted by atomic mass is 9.86. The maximum Gasteiger partial charge on any atom is 0.0586 e. The molecule has 1 N–H and O–H groups in total. The number of aromatic nitrogens is 1. The van der Waals surface area contributed by atoms with E-state index in [4.69, 9.17) is 0 Å². The number of hydrogen-bond acceptors (Lipinski definition) is 1. The van der Waals surface area contributed by atoms with Gasteiger partial charge in [-0.05, 0) is 44.4 Å². The van der Waals surface area contributed by atoms with E-state index in [1.54, 1.807) is 5.56 Å². The lowest BCUT2D eigenvalue weighted by molar-refractivity contribution is 0.139. The lowest BCUT2D eigenvalue weighted by Gasteiger charge is -2.39. The summed E-state index contributed by atoms with van der Waals surface area (Å²) in [7, 11) is 0. The minimum Gasteiger partial charge on any atom is -0.357 e. The predicted molar refractivity (Wildman–Crippen MR) is 70.2 cm³/mol. The molecule has 2 nitrogen and oxygen atoms in total. The van der Waals surface area contributed by atoms with E-state index in [1.807, 2.05) is 0 Å². The van der Waals surface area contributed by atoms with E-state index in [9.17, 15) is 0 Å². The first-order valence-electron chi connectivity index (χ1n) is 6.64. The molecular weight excluding hydrogens is 208 g/mol. The van der Waals surface area contributed by atoms with Crippen molar-refractivity contribution in [1.82, 2.24) is 9.88 Å². The van der Waals surface area contributed by atoms with Gasteiger partial charge in [-0.2, -0.15) is 0 Å². The van der Waals surface area contributed by atoms with E-state index >= 15 is 0 Å². The zero-order valence-electron chi connectivity index (χ0n) is 10.3. The fraction of sp³-hybridized carbons (Fsp3) is 0.467. The topological polar surface area (TPSA) is 19.0 Å². The van der Waals surface area contributed by atoms with Crippen molar-refractivity contribution in [3.63, 3.8) is 0 Å². The molecule has 0 amide bonds. The zero-order valence-corrected chi connectivity index (χ0v) is 10.3. The minimum absolute atomic E-state index is 0.270. The summed E-state index contributed by atoms with van der Waals surface area (Å²) in [6.07, 6.45) is 3.84. The number of benzene rings is 1. The second kappa shape index (κ2) is 3.14. The number of H-pyrrole nitrogens is 1. The minimum atomic E-state index is 0.270. The van der Waals surface area contributed by atoms with Crippen molar-refractivity contribution in [3.05, 3.63) is 35.5 Å². The monoisotopic (exact) mass is 226 g/mol. The summed E-state index contributed by atoms with van der Waals surface area (Å²) in [4.78, 5) is 6.34. The summed E-state index contributed by atoms with van der Waals surface area (Å²) in [5.74, 6) is 0. The summed E-state index contributed by atoms with van der Waals surface area (Å²) >= 11 is 0. The highest BCUT2D eigenvalue weighted by atomic mass is 15.2. The molecule has 1 saturated heterocycles. The van der Waals surface area contributed by atoms with Crippen molar-refractivity contribution < 1.29 is 0 Å². The molecule has 17 heavy (non-hydrogen) atoms. The molecule has 2 aromatic rings. The second-order valence-corrected chi connectivity index (χ2v) is 5.64. The van der Waals surface area contributed by atoms with Gasteiger partial charge in [0, 0.05) is 23.1 Å². The number of aromatic amines is 1. The largest absolute Gasteiger partial charge is 0.357 e. The van der Waals surface area contributed by atoms with Crippen molar-refractivity contribution in [2.75, 3.05) is 13.1 Å². The highest BCUT2D eigenvalue weighted by Gasteiger charge is 2.43. The van der Waals surface area contributed by atoms with Gasteiger partial charge in [0.1, 0.15) is 0 Å². The van der Waals surface area contributed by atoms with E-state index in [2.05, 4.69) is 41.1 Å². The molecule has 0 radical (unpaired) electrons. The Bertz CT molecular complexity index is 584. The van der Waals surface area contributed by atoms with Crippen LogP contribution in [0.15, 0.2) is 24.3 Å². The van der Waals surface area contributed by atoms with Gasteiger partial charge in [-0.3, -0.25) is 4.90 Å². The average Bonchev–Trinajstić information content (AvgIpc) is 2.89. The van der Waals surface area contributed by atoms with Crippen LogP contribution in [0.3, 0.4) is 0 Å². The van der Waals surface area contributed by atoms with Crippen LogP contribution < -0.4 is 0 Å². The number of nitrogens with one attached hydrogen (secondary N) is 1. The molecule has 3 heterocycles. The molecule has 1 fully saturated rings. The van der Waals surface area contributed by atoms with Crippen LogP contribution in [-0.2, 0) is 12.0 Å². The molecule has 2 aliphatic rings. The number of hydrogen-bond donors (Lipinski definition) is 1. The number of para-hydroxylation sites is 1. The molecule has 1 aromatic carbocycles. The van der Waals surface area contributed by atoms with Gasteiger partial charge in [-0.1, -0.05) is 18.2 Å². The Balaban J connectivity index is 2.01. The molecular formula is C15H18N2. The van der Waals surface area contributed by atoms with Crippen LogP contribution in [0.4, 0.5) is 0 Å². The summed E-state index contributed by atoms with van der Waals surface area (Å²) in [5, 5.41) is 1.44. The van der Waals surface area contributed by atoms with Gasteiger partial charge in [-0.15, -0.1) is 0 Å². The fourth-order valence-corrected chi connectivity index (χ4v) is 3.83. The van der Waals surface area contributed by atoms with Gasteiger partial charge in [0.05, 0.1) is 5.54 Å². The van der Waals surface area contributed by atoms with Crippen molar-refractivity contribution in [3.8, 4) is 0 Å². The third kappa shape index (κ3) is 1.14. The molecule has 1 unspecified atom stereocenters. The molecule has 1 atom stereocenters. The molecule has 0 bridgehead atoms. The summed E-state index contributed by atoms with van der Waals surface area (Å²) in [5.41, 5.74) is 4.64. The van der Waals surface area contributed by atoms with Crippen LogP contribution in [0.5, 0.6) is 0 Å². The Hall–Kier alpha value is -1.28. The van der Waals surface area contributed by atoms with Crippen molar-refractivity contribution in [2.45, 2.75) is 31.7 Å². The van der Waals surface area contributed by atoms with Crippen LogP contribution in [-0.4, -0.2) is 23.0 Å². The van der Waals surface area contributed by atoms with Gasteiger partial charge in [-0.25, -0.2) is 0 Å². The second-order valence-electron chi connectivity index (χ2n) is 5.64. The van der Waals surface area contributed by atoms with Crippen molar-refractivity contribution in [2.24, 2.45) is 0 Å². The smallest absolute Gasteiger partial charge is 0.0586 e. The van der Waals surface area contributed by atoms with E-state index in [1.165, 1.54) is 48.9 Å². The number of nitrogens with zero attached hydrogens (tertiary/aromatic N) is 1. The van der Waals surface area contributed by atoms with Crippen LogP contribution in [0, 0.1) is 0 Å². The van der Waals surface area contributed by atoms with Gasteiger partial charge in [0.15, 0.2) is 0 Å². The Morgan fingerprint density at radius 2 is 2.12 bits per heavy atom. The molecule has 2 aliphatic heterocycles. The number of fused-ring (bicyclic) bond motifs is 5. The average molecular weight is 226 g/mol. The predicted octanol–water partition coefficient (Wildman–Crippen LogP) is 3.04. The van der Waals surface area contributed by atoms with E-state index in [0.29, 0.717) is 0 Å². The summed E-state index contributed by atoms with van der Waals surface area (Å²) < 4.78 is 0.